The van der Waals surface area contributed by atoms with Crippen LogP contribution in [0.4, 0.5) is 4.39 Å². The first-order valence-electron chi connectivity index (χ1n) is 6.82. The zero-order valence-corrected chi connectivity index (χ0v) is 11.3. The minimum absolute atomic E-state index is 0.145. The van der Waals surface area contributed by atoms with Gasteiger partial charge in [-0.15, -0.1) is 0 Å². The molecule has 0 bridgehead atoms. The van der Waals surface area contributed by atoms with Crippen LogP contribution in [0.25, 0.3) is 0 Å². The van der Waals surface area contributed by atoms with Crippen LogP contribution in [0.1, 0.15) is 30.1 Å². The smallest absolute Gasteiger partial charge is 0.179 e. The number of rotatable bonds is 5. The van der Waals surface area contributed by atoms with Crippen molar-refractivity contribution < 1.29 is 13.9 Å². The Labute approximate surface area is 113 Å². The molecule has 1 aromatic rings. The summed E-state index contributed by atoms with van der Waals surface area (Å²) in [4.78, 5) is 14.1. The highest BCUT2D eigenvalue weighted by atomic mass is 19.1. The lowest BCUT2D eigenvalue weighted by molar-refractivity contribution is 0.0147. The van der Waals surface area contributed by atoms with Gasteiger partial charge in [-0.25, -0.2) is 4.39 Å². The van der Waals surface area contributed by atoms with Gasteiger partial charge in [-0.2, -0.15) is 0 Å². The van der Waals surface area contributed by atoms with Crippen LogP contribution in [-0.2, 0) is 4.74 Å². The van der Waals surface area contributed by atoms with E-state index in [0.717, 1.165) is 32.5 Å². The van der Waals surface area contributed by atoms with E-state index in [1.165, 1.54) is 6.07 Å². The first-order valence-corrected chi connectivity index (χ1v) is 6.82. The monoisotopic (exact) mass is 265 g/mol. The third-order valence-corrected chi connectivity index (χ3v) is 3.48. The van der Waals surface area contributed by atoms with E-state index in [4.69, 9.17) is 4.74 Å². The number of hydrogen-bond acceptors (Lipinski definition) is 3. The van der Waals surface area contributed by atoms with E-state index < -0.39 is 5.82 Å². The van der Waals surface area contributed by atoms with E-state index in [1.54, 1.807) is 18.2 Å². The molecule has 19 heavy (non-hydrogen) atoms. The van der Waals surface area contributed by atoms with E-state index in [9.17, 15) is 9.18 Å². The lowest BCUT2D eigenvalue weighted by Gasteiger charge is -2.31. The Hall–Kier alpha value is -1.26. The minimum atomic E-state index is -0.434. The quantitative estimate of drug-likeness (QED) is 0.766. The second kappa shape index (κ2) is 6.78. The average Bonchev–Trinajstić information content (AvgIpc) is 2.42. The third-order valence-electron chi connectivity index (χ3n) is 3.48. The fraction of sp³-hybridized carbons (Fsp3) is 0.533. The normalized spacial score (nSPS) is 17.6. The highest BCUT2D eigenvalue weighted by Gasteiger charge is 2.22. The molecular weight excluding hydrogens is 245 g/mol. The molecule has 0 spiro atoms. The second-order valence-corrected chi connectivity index (χ2v) is 4.83. The number of hydrogen-bond donors (Lipinski definition) is 0. The van der Waals surface area contributed by atoms with Gasteiger partial charge in [0.25, 0.3) is 0 Å². The standard InChI is InChI=1S/C15H20FNO2/c1-2-19-12-7-9-17(10-8-12)11-15(18)13-5-3-4-6-14(13)16/h3-6,12H,2,7-11H2,1H3. The Balaban J connectivity index is 1.86. The van der Waals surface area contributed by atoms with E-state index in [-0.39, 0.29) is 11.3 Å². The largest absolute Gasteiger partial charge is 0.378 e. The van der Waals surface area contributed by atoms with Crippen molar-refractivity contribution in [1.82, 2.24) is 4.90 Å². The molecule has 1 aliphatic heterocycles. The Kier molecular flexibility index (Phi) is 5.05. The Morgan fingerprint density at radius 1 is 1.37 bits per heavy atom. The Morgan fingerprint density at radius 2 is 2.05 bits per heavy atom. The molecule has 0 amide bonds. The van der Waals surface area contributed by atoms with Crippen LogP contribution in [-0.4, -0.2) is 43.0 Å². The van der Waals surface area contributed by atoms with Crippen molar-refractivity contribution >= 4 is 5.78 Å². The Bertz CT molecular complexity index is 428. The maximum absolute atomic E-state index is 13.5. The fourth-order valence-electron chi connectivity index (χ4n) is 2.45. The summed E-state index contributed by atoms with van der Waals surface area (Å²) in [5.74, 6) is -0.579. The molecule has 1 aliphatic rings. The van der Waals surface area contributed by atoms with Crippen molar-refractivity contribution in [3.63, 3.8) is 0 Å². The van der Waals surface area contributed by atoms with E-state index in [0.29, 0.717) is 12.6 Å². The molecule has 104 valence electrons. The second-order valence-electron chi connectivity index (χ2n) is 4.83. The SMILES string of the molecule is CCOC1CCN(CC(=O)c2ccccc2F)CC1. The molecule has 1 fully saturated rings. The number of benzene rings is 1. The predicted molar refractivity (Wildman–Crippen MR) is 71.8 cm³/mol. The number of ketones is 1. The summed E-state index contributed by atoms with van der Waals surface area (Å²) in [6.07, 6.45) is 2.20. The topological polar surface area (TPSA) is 29.5 Å². The molecule has 0 aromatic heterocycles. The molecule has 0 unspecified atom stereocenters. The van der Waals surface area contributed by atoms with Crippen LogP contribution >= 0.6 is 0 Å². The number of Topliss-reactive ketones (excluding diaryl/α,β-unsaturated/α-hetero) is 1. The molecule has 0 atom stereocenters. The summed E-state index contributed by atoms with van der Waals surface area (Å²) in [6.45, 7) is 4.70. The zero-order chi connectivity index (χ0) is 13.7. The molecule has 1 heterocycles. The van der Waals surface area contributed by atoms with Gasteiger partial charge < -0.3 is 4.74 Å². The molecule has 3 nitrogen and oxygen atoms in total. The van der Waals surface area contributed by atoms with Crippen molar-refractivity contribution in [2.75, 3.05) is 26.2 Å². The first-order chi connectivity index (χ1) is 9.20. The van der Waals surface area contributed by atoms with Gasteiger partial charge in [0.1, 0.15) is 5.82 Å². The van der Waals surface area contributed by atoms with Crippen LogP contribution in [0, 0.1) is 5.82 Å². The molecule has 1 saturated heterocycles. The maximum atomic E-state index is 13.5. The lowest BCUT2D eigenvalue weighted by Crippen LogP contribution is -2.40. The molecule has 0 N–H and O–H groups in total. The number of piperidine rings is 1. The number of ether oxygens (including phenoxy) is 1. The summed E-state index contributed by atoms with van der Waals surface area (Å²) in [5.41, 5.74) is 0.189. The maximum Gasteiger partial charge on any atom is 0.179 e. The third kappa shape index (κ3) is 3.85. The van der Waals surface area contributed by atoms with Crippen LogP contribution in [0.15, 0.2) is 24.3 Å². The van der Waals surface area contributed by atoms with Gasteiger partial charge in [0, 0.05) is 19.7 Å². The zero-order valence-electron chi connectivity index (χ0n) is 11.3. The van der Waals surface area contributed by atoms with Crippen LogP contribution in [0.3, 0.4) is 0 Å². The van der Waals surface area contributed by atoms with Crippen LogP contribution in [0.5, 0.6) is 0 Å². The van der Waals surface area contributed by atoms with E-state index in [2.05, 4.69) is 4.90 Å². The summed E-state index contributed by atoms with van der Waals surface area (Å²) in [6, 6.07) is 6.16. The molecular formula is C15H20FNO2. The number of nitrogens with zero attached hydrogens (tertiary/aromatic N) is 1. The van der Waals surface area contributed by atoms with E-state index >= 15 is 0 Å². The summed E-state index contributed by atoms with van der Waals surface area (Å²) in [5, 5.41) is 0. The summed E-state index contributed by atoms with van der Waals surface area (Å²) in [7, 11) is 0. The minimum Gasteiger partial charge on any atom is -0.378 e. The fourth-order valence-corrected chi connectivity index (χ4v) is 2.45. The van der Waals surface area contributed by atoms with Crippen molar-refractivity contribution in [2.24, 2.45) is 0 Å². The predicted octanol–water partition coefficient (Wildman–Crippen LogP) is 2.51. The summed E-state index contributed by atoms with van der Waals surface area (Å²) >= 11 is 0. The van der Waals surface area contributed by atoms with Crippen LogP contribution in [0.2, 0.25) is 0 Å². The number of likely N-dealkylation sites (tertiary alicyclic amines) is 1. The van der Waals surface area contributed by atoms with Gasteiger partial charge in [0.15, 0.2) is 5.78 Å². The lowest BCUT2D eigenvalue weighted by atomic mass is 10.1. The van der Waals surface area contributed by atoms with Gasteiger partial charge in [-0.3, -0.25) is 9.69 Å². The van der Waals surface area contributed by atoms with Crippen molar-refractivity contribution in [2.45, 2.75) is 25.9 Å². The molecule has 0 saturated carbocycles. The van der Waals surface area contributed by atoms with Gasteiger partial charge in [0.2, 0.25) is 0 Å². The molecule has 2 rings (SSSR count). The molecule has 0 aliphatic carbocycles. The van der Waals surface area contributed by atoms with Crippen molar-refractivity contribution in [1.29, 1.82) is 0 Å². The van der Waals surface area contributed by atoms with Gasteiger partial charge in [0.05, 0.1) is 18.2 Å². The Morgan fingerprint density at radius 3 is 2.68 bits per heavy atom. The van der Waals surface area contributed by atoms with Gasteiger partial charge in [-0.05, 0) is 31.9 Å². The number of carbonyl (C=O) groups excluding carboxylic acids is 1. The number of carbonyl (C=O) groups is 1. The van der Waals surface area contributed by atoms with E-state index in [1.807, 2.05) is 6.92 Å². The first kappa shape index (κ1) is 14.2. The average molecular weight is 265 g/mol. The van der Waals surface area contributed by atoms with Crippen molar-refractivity contribution in [3.05, 3.63) is 35.6 Å². The molecule has 0 radical (unpaired) electrons. The van der Waals surface area contributed by atoms with Gasteiger partial charge >= 0.3 is 0 Å². The van der Waals surface area contributed by atoms with Crippen molar-refractivity contribution in [3.8, 4) is 0 Å². The highest BCUT2D eigenvalue weighted by molar-refractivity contribution is 5.97. The van der Waals surface area contributed by atoms with Gasteiger partial charge in [-0.1, -0.05) is 12.1 Å². The number of halogens is 1. The molecule has 4 heteroatoms. The molecule has 1 aromatic carbocycles. The van der Waals surface area contributed by atoms with Crippen LogP contribution < -0.4 is 0 Å². The summed E-state index contributed by atoms with van der Waals surface area (Å²) < 4.78 is 19.1. The highest BCUT2D eigenvalue weighted by Crippen LogP contribution is 2.15.